The standard InChI is InChI=1S/C9H15F3O/c1-7(2)5-8(7,6-13)3-4-9(10,11)12/h13H,3-6H2,1-2H3. The van der Waals surface area contributed by atoms with Crippen LogP contribution in [0.2, 0.25) is 0 Å². The van der Waals surface area contributed by atoms with Gasteiger partial charge in [0.2, 0.25) is 0 Å². The zero-order valence-corrected chi connectivity index (χ0v) is 7.91. The monoisotopic (exact) mass is 196 g/mol. The minimum absolute atomic E-state index is 0.0556. The van der Waals surface area contributed by atoms with Crippen LogP contribution < -0.4 is 0 Å². The summed E-state index contributed by atoms with van der Waals surface area (Å²) in [6, 6.07) is 0. The quantitative estimate of drug-likeness (QED) is 0.735. The summed E-state index contributed by atoms with van der Waals surface area (Å²) in [5.74, 6) is 0. The molecular formula is C9H15F3O. The molecule has 1 aliphatic rings. The van der Waals surface area contributed by atoms with Crippen molar-refractivity contribution in [3.8, 4) is 0 Å². The molecule has 0 spiro atoms. The Morgan fingerprint density at radius 1 is 1.31 bits per heavy atom. The van der Waals surface area contributed by atoms with Gasteiger partial charge in [-0.25, -0.2) is 0 Å². The predicted molar refractivity (Wildman–Crippen MR) is 43.2 cm³/mol. The maximum Gasteiger partial charge on any atom is 0.389 e. The largest absolute Gasteiger partial charge is 0.396 e. The van der Waals surface area contributed by atoms with Gasteiger partial charge in [-0.15, -0.1) is 0 Å². The number of hydrogen-bond acceptors (Lipinski definition) is 1. The molecule has 0 saturated heterocycles. The van der Waals surface area contributed by atoms with Crippen LogP contribution in [0.25, 0.3) is 0 Å². The molecule has 1 nitrogen and oxygen atoms in total. The molecule has 1 atom stereocenters. The molecule has 78 valence electrons. The molecule has 0 aromatic carbocycles. The number of halogens is 3. The van der Waals surface area contributed by atoms with Crippen molar-refractivity contribution in [3.63, 3.8) is 0 Å². The second-order valence-electron chi connectivity index (χ2n) is 4.61. The molecule has 1 saturated carbocycles. The molecule has 0 aromatic heterocycles. The summed E-state index contributed by atoms with van der Waals surface area (Å²) >= 11 is 0. The van der Waals surface area contributed by atoms with Crippen LogP contribution >= 0.6 is 0 Å². The first-order chi connectivity index (χ1) is 5.72. The van der Waals surface area contributed by atoms with E-state index in [0.717, 1.165) is 0 Å². The van der Waals surface area contributed by atoms with E-state index in [9.17, 15) is 13.2 Å². The third-order valence-corrected chi connectivity index (χ3v) is 3.28. The zero-order valence-electron chi connectivity index (χ0n) is 7.91. The van der Waals surface area contributed by atoms with Crippen LogP contribution in [0.4, 0.5) is 13.2 Å². The number of hydrogen-bond donors (Lipinski definition) is 1. The zero-order chi connectivity index (χ0) is 10.3. The molecule has 0 bridgehead atoms. The highest BCUT2D eigenvalue weighted by atomic mass is 19.4. The highest BCUT2D eigenvalue weighted by Crippen LogP contribution is 2.66. The van der Waals surface area contributed by atoms with Crippen molar-refractivity contribution in [3.05, 3.63) is 0 Å². The van der Waals surface area contributed by atoms with Crippen LogP contribution in [-0.2, 0) is 0 Å². The second-order valence-corrected chi connectivity index (χ2v) is 4.61. The van der Waals surface area contributed by atoms with E-state index in [1.165, 1.54) is 0 Å². The van der Waals surface area contributed by atoms with E-state index in [-0.39, 0.29) is 18.4 Å². The molecule has 0 aliphatic heterocycles. The van der Waals surface area contributed by atoms with Gasteiger partial charge in [-0.2, -0.15) is 13.2 Å². The Morgan fingerprint density at radius 3 is 2.00 bits per heavy atom. The second kappa shape index (κ2) is 2.87. The molecule has 0 aromatic rings. The third-order valence-electron chi connectivity index (χ3n) is 3.28. The molecule has 1 N–H and O–H groups in total. The van der Waals surface area contributed by atoms with E-state index in [2.05, 4.69) is 0 Å². The van der Waals surface area contributed by atoms with Crippen molar-refractivity contribution in [2.24, 2.45) is 10.8 Å². The molecule has 1 fully saturated rings. The summed E-state index contributed by atoms with van der Waals surface area (Å²) in [6.07, 6.45) is -4.12. The van der Waals surface area contributed by atoms with Crippen LogP contribution in [-0.4, -0.2) is 17.9 Å². The fourth-order valence-corrected chi connectivity index (χ4v) is 1.96. The van der Waals surface area contributed by atoms with Gasteiger partial charge in [-0.1, -0.05) is 13.8 Å². The SMILES string of the molecule is CC1(C)CC1(CO)CCC(F)(F)F. The first kappa shape index (κ1) is 10.8. The first-order valence-electron chi connectivity index (χ1n) is 4.40. The topological polar surface area (TPSA) is 20.2 Å². The van der Waals surface area contributed by atoms with Crippen molar-refractivity contribution in [2.75, 3.05) is 6.61 Å². The molecule has 13 heavy (non-hydrogen) atoms. The van der Waals surface area contributed by atoms with E-state index < -0.39 is 18.0 Å². The molecular weight excluding hydrogens is 181 g/mol. The summed E-state index contributed by atoms with van der Waals surface area (Å²) in [5, 5.41) is 9.02. The highest BCUT2D eigenvalue weighted by molar-refractivity contribution is 5.08. The lowest BCUT2D eigenvalue weighted by Gasteiger charge is -2.18. The van der Waals surface area contributed by atoms with E-state index >= 15 is 0 Å². The van der Waals surface area contributed by atoms with Gasteiger partial charge in [-0.3, -0.25) is 0 Å². The minimum atomic E-state index is -4.10. The first-order valence-corrected chi connectivity index (χ1v) is 4.40. The summed E-state index contributed by atoms with van der Waals surface area (Å²) < 4.78 is 35.8. The Bertz CT molecular complexity index is 198. The fraction of sp³-hybridized carbons (Fsp3) is 1.00. The lowest BCUT2D eigenvalue weighted by Crippen LogP contribution is -2.18. The van der Waals surface area contributed by atoms with Gasteiger partial charge in [0.15, 0.2) is 0 Å². The van der Waals surface area contributed by atoms with Gasteiger partial charge < -0.3 is 5.11 Å². The van der Waals surface area contributed by atoms with Crippen LogP contribution in [0.15, 0.2) is 0 Å². The Balaban J connectivity index is 2.45. The van der Waals surface area contributed by atoms with Gasteiger partial charge in [0, 0.05) is 13.0 Å². The van der Waals surface area contributed by atoms with Crippen molar-refractivity contribution < 1.29 is 18.3 Å². The Hall–Kier alpha value is -0.250. The summed E-state index contributed by atoms with van der Waals surface area (Å²) in [5.41, 5.74) is -0.588. The summed E-state index contributed by atoms with van der Waals surface area (Å²) in [4.78, 5) is 0. The average Bonchev–Trinajstić information content (AvgIpc) is 2.49. The van der Waals surface area contributed by atoms with Crippen molar-refractivity contribution in [1.29, 1.82) is 0 Å². The van der Waals surface area contributed by atoms with Gasteiger partial charge >= 0.3 is 6.18 Å². The molecule has 0 radical (unpaired) electrons. The highest BCUT2D eigenvalue weighted by Gasteiger charge is 2.60. The van der Waals surface area contributed by atoms with E-state index in [4.69, 9.17) is 5.11 Å². The van der Waals surface area contributed by atoms with Gasteiger partial charge in [0.05, 0.1) is 0 Å². The average molecular weight is 196 g/mol. The van der Waals surface area contributed by atoms with E-state index in [0.29, 0.717) is 6.42 Å². The molecule has 1 rings (SSSR count). The molecule has 4 heteroatoms. The summed E-state index contributed by atoms with van der Waals surface area (Å²) in [7, 11) is 0. The predicted octanol–water partition coefficient (Wildman–Crippen LogP) is 2.74. The smallest absolute Gasteiger partial charge is 0.389 e. The number of aliphatic hydroxyl groups excluding tert-OH is 1. The lowest BCUT2D eigenvalue weighted by atomic mass is 9.91. The Kier molecular flexibility index (Phi) is 2.39. The van der Waals surface area contributed by atoms with Crippen molar-refractivity contribution in [2.45, 2.75) is 39.3 Å². The van der Waals surface area contributed by atoms with Crippen LogP contribution in [0, 0.1) is 10.8 Å². The maximum atomic E-state index is 11.9. The third kappa shape index (κ3) is 2.16. The molecule has 0 amide bonds. The Labute approximate surface area is 75.9 Å². The van der Waals surface area contributed by atoms with Crippen LogP contribution in [0.1, 0.15) is 33.1 Å². The lowest BCUT2D eigenvalue weighted by molar-refractivity contribution is -0.139. The molecule has 1 aliphatic carbocycles. The van der Waals surface area contributed by atoms with E-state index in [1.54, 1.807) is 0 Å². The van der Waals surface area contributed by atoms with Gasteiger partial charge in [-0.05, 0) is 23.7 Å². The number of aliphatic hydroxyl groups is 1. The van der Waals surface area contributed by atoms with Crippen LogP contribution in [0.3, 0.4) is 0 Å². The van der Waals surface area contributed by atoms with E-state index in [1.807, 2.05) is 13.8 Å². The number of alkyl halides is 3. The molecule has 1 unspecified atom stereocenters. The van der Waals surface area contributed by atoms with Gasteiger partial charge in [0.1, 0.15) is 0 Å². The van der Waals surface area contributed by atoms with Crippen molar-refractivity contribution >= 4 is 0 Å². The molecule has 0 heterocycles. The van der Waals surface area contributed by atoms with Crippen molar-refractivity contribution in [1.82, 2.24) is 0 Å². The van der Waals surface area contributed by atoms with Crippen LogP contribution in [0.5, 0.6) is 0 Å². The number of rotatable bonds is 3. The Morgan fingerprint density at radius 2 is 1.77 bits per heavy atom. The fourth-order valence-electron chi connectivity index (χ4n) is 1.96. The normalized spacial score (nSPS) is 31.8. The van der Waals surface area contributed by atoms with Gasteiger partial charge in [0.25, 0.3) is 0 Å². The maximum absolute atomic E-state index is 11.9. The minimum Gasteiger partial charge on any atom is -0.396 e. The summed E-state index contributed by atoms with van der Waals surface area (Å²) in [6.45, 7) is 3.68.